The van der Waals surface area contributed by atoms with Crippen LogP contribution < -0.4 is 0 Å². The number of carbonyl (C=O) groups is 1. The van der Waals surface area contributed by atoms with Crippen LogP contribution in [0.5, 0.6) is 0 Å². The maximum absolute atomic E-state index is 14.1. The molecular formula is C23H17ClFN3OS. The average molecular weight is 438 g/mol. The number of carbonyl (C=O) groups excluding carboxylic acids is 1. The van der Waals surface area contributed by atoms with Crippen LogP contribution in [-0.2, 0) is 19.3 Å². The van der Waals surface area contributed by atoms with Gasteiger partial charge in [0.25, 0.3) is 0 Å². The lowest BCUT2D eigenvalue weighted by Crippen LogP contribution is -2.05. The SMILES string of the molecule is O=C(Cc1ccc(Cl)cc1F)c1nc2c(s1)-c1cc(-n3ccnc3)ccc1CCC2. The number of hydrogen-bond donors (Lipinski definition) is 0. The Bertz CT molecular complexity index is 1250. The van der Waals surface area contributed by atoms with Crippen molar-refractivity contribution in [1.29, 1.82) is 0 Å². The van der Waals surface area contributed by atoms with Crippen molar-refractivity contribution >= 4 is 28.7 Å². The standard InChI is InChI=1S/C23H17ClFN3OS/c24-16-6-4-15(19(25)11-16)10-21(29)23-27-20-3-1-2-14-5-7-17(28-9-8-26-13-28)12-18(14)22(20)30-23/h4-9,11-13H,1-3,10H2. The summed E-state index contributed by atoms with van der Waals surface area (Å²) in [6, 6.07) is 10.7. The van der Waals surface area contributed by atoms with Crippen molar-refractivity contribution in [3.63, 3.8) is 0 Å². The second kappa shape index (κ2) is 7.78. The van der Waals surface area contributed by atoms with Gasteiger partial charge in [0.05, 0.1) is 16.9 Å². The maximum Gasteiger partial charge on any atom is 0.195 e. The number of halogens is 2. The zero-order valence-corrected chi connectivity index (χ0v) is 17.5. The smallest absolute Gasteiger partial charge is 0.195 e. The molecule has 4 nitrogen and oxygen atoms in total. The van der Waals surface area contributed by atoms with Gasteiger partial charge in [0, 0.05) is 29.5 Å². The molecule has 4 aromatic rings. The zero-order valence-electron chi connectivity index (χ0n) is 15.9. The summed E-state index contributed by atoms with van der Waals surface area (Å²) >= 11 is 7.21. The van der Waals surface area contributed by atoms with E-state index in [2.05, 4.69) is 28.2 Å². The summed E-state index contributed by atoms with van der Waals surface area (Å²) in [4.78, 5) is 22.7. The van der Waals surface area contributed by atoms with E-state index in [1.807, 2.05) is 10.8 Å². The molecule has 1 aliphatic rings. The number of thiazole rings is 1. The number of hydrogen-bond acceptors (Lipinski definition) is 4. The molecule has 0 radical (unpaired) electrons. The molecule has 2 aromatic heterocycles. The van der Waals surface area contributed by atoms with Crippen molar-refractivity contribution in [2.75, 3.05) is 0 Å². The van der Waals surface area contributed by atoms with Gasteiger partial charge in [0.15, 0.2) is 10.8 Å². The van der Waals surface area contributed by atoms with E-state index in [9.17, 15) is 9.18 Å². The van der Waals surface area contributed by atoms with Crippen LogP contribution in [-0.4, -0.2) is 20.3 Å². The topological polar surface area (TPSA) is 47.8 Å². The van der Waals surface area contributed by atoms with Crippen LogP contribution in [0.3, 0.4) is 0 Å². The molecule has 2 heterocycles. The van der Waals surface area contributed by atoms with Gasteiger partial charge in [-0.2, -0.15) is 0 Å². The van der Waals surface area contributed by atoms with E-state index in [-0.39, 0.29) is 12.2 Å². The lowest BCUT2D eigenvalue weighted by Gasteiger charge is -2.09. The highest BCUT2D eigenvalue weighted by Gasteiger charge is 2.23. The van der Waals surface area contributed by atoms with Crippen molar-refractivity contribution in [2.45, 2.75) is 25.7 Å². The number of fused-ring (bicyclic) bond motifs is 3. The molecule has 0 unspecified atom stereocenters. The van der Waals surface area contributed by atoms with Crippen LogP contribution in [0.15, 0.2) is 55.1 Å². The fourth-order valence-electron chi connectivity index (χ4n) is 3.78. The first-order chi connectivity index (χ1) is 14.6. The fourth-order valence-corrected chi connectivity index (χ4v) is 5.04. The Kier molecular flexibility index (Phi) is 4.97. The van der Waals surface area contributed by atoms with E-state index in [1.165, 1.54) is 23.0 Å². The van der Waals surface area contributed by atoms with Crippen LogP contribution in [0.4, 0.5) is 4.39 Å². The molecule has 2 aromatic carbocycles. The van der Waals surface area contributed by atoms with Gasteiger partial charge >= 0.3 is 0 Å². The van der Waals surface area contributed by atoms with E-state index < -0.39 is 5.82 Å². The lowest BCUT2D eigenvalue weighted by atomic mass is 10.0. The Morgan fingerprint density at radius 3 is 2.90 bits per heavy atom. The largest absolute Gasteiger partial charge is 0.306 e. The van der Waals surface area contributed by atoms with E-state index in [1.54, 1.807) is 24.7 Å². The molecule has 30 heavy (non-hydrogen) atoms. The molecule has 0 spiro atoms. The van der Waals surface area contributed by atoms with Gasteiger partial charge in [-0.25, -0.2) is 14.4 Å². The fraction of sp³-hybridized carbons (Fsp3) is 0.174. The molecule has 0 saturated heterocycles. The van der Waals surface area contributed by atoms with E-state index in [0.29, 0.717) is 15.6 Å². The van der Waals surface area contributed by atoms with Gasteiger partial charge in [-0.1, -0.05) is 23.7 Å². The molecule has 5 rings (SSSR count). The number of nitrogens with zero attached hydrogens (tertiary/aromatic N) is 3. The summed E-state index contributed by atoms with van der Waals surface area (Å²) in [5.74, 6) is -0.647. The maximum atomic E-state index is 14.1. The summed E-state index contributed by atoms with van der Waals surface area (Å²) in [5, 5.41) is 0.741. The molecule has 0 fully saturated rings. The van der Waals surface area contributed by atoms with E-state index in [0.717, 1.165) is 41.1 Å². The number of aryl methyl sites for hydroxylation is 2. The van der Waals surface area contributed by atoms with Crippen molar-refractivity contribution in [3.05, 3.63) is 87.8 Å². The Morgan fingerprint density at radius 1 is 1.20 bits per heavy atom. The van der Waals surface area contributed by atoms with Gasteiger partial charge in [0.1, 0.15) is 5.82 Å². The second-order valence-electron chi connectivity index (χ2n) is 7.30. The van der Waals surface area contributed by atoms with Crippen LogP contribution in [0, 0.1) is 5.82 Å². The highest BCUT2D eigenvalue weighted by Crippen LogP contribution is 2.38. The molecule has 1 aliphatic carbocycles. The van der Waals surface area contributed by atoms with Crippen molar-refractivity contribution in [1.82, 2.24) is 14.5 Å². The van der Waals surface area contributed by atoms with Crippen LogP contribution >= 0.6 is 22.9 Å². The Labute approximate surface area is 182 Å². The Morgan fingerprint density at radius 2 is 2.10 bits per heavy atom. The molecule has 0 amide bonds. The number of benzene rings is 2. The summed E-state index contributed by atoms with van der Waals surface area (Å²) in [6.45, 7) is 0. The molecule has 0 saturated carbocycles. The highest BCUT2D eigenvalue weighted by molar-refractivity contribution is 7.17. The summed E-state index contributed by atoms with van der Waals surface area (Å²) < 4.78 is 16.1. The van der Waals surface area contributed by atoms with Gasteiger partial charge < -0.3 is 4.57 Å². The summed E-state index contributed by atoms with van der Waals surface area (Å²) in [5.41, 5.74) is 4.66. The second-order valence-corrected chi connectivity index (χ2v) is 8.73. The van der Waals surface area contributed by atoms with Crippen LogP contribution in [0.1, 0.15) is 33.0 Å². The Hall–Kier alpha value is -2.83. The van der Waals surface area contributed by atoms with E-state index >= 15 is 0 Å². The van der Waals surface area contributed by atoms with Gasteiger partial charge in [-0.15, -0.1) is 11.3 Å². The minimum Gasteiger partial charge on any atom is -0.306 e. The molecule has 0 atom stereocenters. The normalized spacial score (nSPS) is 12.9. The highest BCUT2D eigenvalue weighted by atomic mass is 35.5. The van der Waals surface area contributed by atoms with Crippen molar-refractivity contribution in [3.8, 4) is 16.1 Å². The van der Waals surface area contributed by atoms with Gasteiger partial charge in [0.2, 0.25) is 0 Å². The average Bonchev–Trinajstić information content (AvgIpc) is 3.38. The van der Waals surface area contributed by atoms with Gasteiger partial charge in [-0.3, -0.25) is 4.79 Å². The number of ketones is 1. The van der Waals surface area contributed by atoms with Crippen molar-refractivity contribution in [2.24, 2.45) is 0 Å². The van der Waals surface area contributed by atoms with Crippen LogP contribution in [0.25, 0.3) is 16.1 Å². The number of aromatic nitrogens is 3. The monoisotopic (exact) mass is 437 g/mol. The number of imidazole rings is 1. The zero-order chi connectivity index (χ0) is 20.7. The van der Waals surface area contributed by atoms with Gasteiger partial charge in [-0.05, 0) is 60.2 Å². The Balaban J connectivity index is 1.51. The summed E-state index contributed by atoms with van der Waals surface area (Å²) in [6.07, 6.45) is 8.16. The van der Waals surface area contributed by atoms with Crippen LogP contribution in [0.2, 0.25) is 5.02 Å². The third-order valence-corrected chi connectivity index (χ3v) is 6.71. The molecule has 0 aliphatic heterocycles. The van der Waals surface area contributed by atoms with E-state index in [4.69, 9.17) is 11.6 Å². The molecule has 7 heteroatoms. The predicted octanol–water partition coefficient (Wildman–Crippen LogP) is 5.70. The summed E-state index contributed by atoms with van der Waals surface area (Å²) in [7, 11) is 0. The molecule has 150 valence electrons. The van der Waals surface area contributed by atoms with Crippen molar-refractivity contribution < 1.29 is 9.18 Å². The minimum atomic E-state index is -0.468. The third-order valence-electron chi connectivity index (χ3n) is 5.30. The number of Topliss-reactive ketones (excluding diaryl/α,β-unsaturated/α-hetero) is 1. The first kappa shape index (κ1) is 19.2. The quantitative estimate of drug-likeness (QED) is 0.384. The minimum absolute atomic E-state index is 0.0304. The lowest BCUT2D eigenvalue weighted by molar-refractivity contribution is 0.0991. The molecule has 0 N–H and O–H groups in total. The first-order valence-electron chi connectivity index (χ1n) is 9.67. The third kappa shape index (κ3) is 3.57. The molecule has 0 bridgehead atoms. The molecular weight excluding hydrogens is 421 g/mol. The number of rotatable bonds is 4. The predicted molar refractivity (Wildman–Crippen MR) is 116 cm³/mol. The first-order valence-corrected chi connectivity index (χ1v) is 10.9.